The van der Waals surface area contributed by atoms with E-state index in [9.17, 15) is 10.5 Å². The number of nitriles is 2. The summed E-state index contributed by atoms with van der Waals surface area (Å²) in [6.45, 7) is 2.34. The molecule has 0 bridgehead atoms. The summed E-state index contributed by atoms with van der Waals surface area (Å²) < 4.78 is 10.7. The molecule has 2 aromatic heterocycles. The average molecular weight is 268 g/mol. The fraction of sp³-hybridized carbons (Fsp3) is 0.214. The number of pyridine rings is 1. The summed E-state index contributed by atoms with van der Waals surface area (Å²) in [6.07, 6.45) is 2.23. The first kappa shape index (κ1) is 13.4. The smallest absolute Gasteiger partial charge is 0.234 e. The van der Waals surface area contributed by atoms with Crippen molar-refractivity contribution >= 4 is 5.82 Å². The van der Waals surface area contributed by atoms with Crippen LogP contribution in [0.5, 0.6) is 5.88 Å². The average Bonchev–Trinajstić information content (AvgIpc) is 2.98. The summed E-state index contributed by atoms with van der Waals surface area (Å²) in [5, 5.41) is 18.6. The molecule has 6 nitrogen and oxygen atoms in total. The second-order valence-electron chi connectivity index (χ2n) is 3.98. The zero-order chi connectivity index (χ0) is 14.5. The number of ether oxygens (including phenoxy) is 1. The Balaban J connectivity index is 2.72. The van der Waals surface area contributed by atoms with Crippen molar-refractivity contribution < 1.29 is 9.15 Å². The maximum atomic E-state index is 9.35. The molecule has 2 rings (SSSR count). The zero-order valence-electron chi connectivity index (χ0n) is 10.9. The molecule has 0 atom stereocenters. The molecule has 100 valence electrons. The van der Waals surface area contributed by atoms with Crippen LogP contribution in [-0.2, 0) is 0 Å². The number of furan rings is 1. The largest absolute Gasteiger partial charge is 0.477 e. The van der Waals surface area contributed by atoms with E-state index in [1.165, 1.54) is 6.26 Å². The molecule has 0 spiro atoms. The van der Waals surface area contributed by atoms with E-state index in [1.807, 2.05) is 19.1 Å². The van der Waals surface area contributed by atoms with Gasteiger partial charge in [0.25, 0.3) is 0 Å². The van der Waals surface area contributed by atoms with Crippen LogP contribution in [0.3, 0.4) is 0 Å². The van der Waals surface area contributed by atoms with Gasteiger partial charge in [0.2, 0.25) is 5.88 Å². The highest BCUT2D eigenvalue weighted by Crippen LogP contribution is 2.35. The van der Waals surface area contributed by atoms with Crippen LogP contribution >= 0.6 is 0 Å². The number of anilines is 1. The van der Waals surface area contributed by atoms with Crippen LogP contribution in [0.4, 0.5) is 5.82 Å². The number of nitrogens with zero attached hydrogens (tertiary/aromatic N) is 3. The van der Waals surface area contributed by atoms with Crippen LogP contribution in [0.25, 0.3) is 11.3 Å². The fourth-order valence-electron chi connectivity index (χ4n) is 1.77. The topological polar surface area (TPSA) is 109 Å². The Bertz CT molecular complexity index is 693. The first-order valence-corrected chi connectivity index (χ1v) is 6.03. The van der Waals surface area contributed by atoms with Gasteiger partial charge in [0.1, 0.15) is 34.8 Å². The molecule has 0 fully saturated rings. The molecule has 0 saturated carbocycles. The molecule has 0 amide bonds. The van der Waals surface area contributed by atoms with Gasteiger partial charge >= 0.3 is 0 Å². The lowest BCUT2D eigenvalue weighted by Crippen LogP contribution is -2.06. The lowest BCUT2D eigenvalue weighted by atomic mass is 10.0. The molecule has 20 heavy (non-hydrogen) atoms. The Morgan fingerprint density at radius 1 is 1.35 bits per heavy atom. The molecule has 2 N–H and O–H groups in total. The van der Waals surface area contributed by atoms with Crippen molar-refractivity contribution in [3.8, 4) is 29.3 Å². The highest BCUT2D eigenvalue weighted by atomic mass is 16.5. The van der Waals surface area contributed by atoms with Gasteiger partial charge in [-0.1, -0.05) is 6.92 Å². The van der Waals surface area contributed by atoms with Crippen molar-refractivity contribution in [1.82, 2.24) is 4.98 Å². The van der Waals surface area contributed by atoms with Gasteiger partial charge in [-0.15, -0.1) is 0 Å². The number of nitrogens with two attached hydrogens (primary N) is 1. The highest BCUT2D eigenvalue weighted by molar-refractivity contribution is 5.79. The lowest BCUT2D eigenvalue weighted by molar-refractivity contribution is 0.305. The summed E-state index contributed by atoms with van der Waals surface area (Å²) in [5.41, 5.74) is 6.35. The van der Waals surface area contributed by atoms with Crippen molar-refractivity contribution in [2.24, 2.45) is 0 Å². The minimum atomic E-state index is 0.0176. The van der Waals surface area contributed by atoms with E-state index in [2.05, 4.69) is 4.98 Å². The van der Waals surface area contributed by atoms with Crippen LogP contribution in [0.15, 0.2) is 22.8 Å². The van der Waals surface area contributed by atoms with Gasteiger partial charge in [0.15, 0.2) is 0 Å². The number of rotatable bonds is 4. The van der Waals surface area contributed by atoms with Crippen molar-refractivity contribution in [1.29, 1.82) is 10.5 Å². The van der Waals surface area contributed by atoms with Crippen LogP contribution in [0.2, 0.25) is 0 Å². The Morgan fingerprint density at radius 2 is 2.10 bits per heavy atom. The lowest BCUT2D eigenvalue weighted by Gasteiger charge is -2.11. The summed E-state index contributed by atoms with van der Waals surface area (Å²) >= 11 is 0. The van der Waals surface area contributed by atoms with Crippen molar-refractivity contribution in [3.63, 3.8) is 0 Å². The third-order valence-corrected chi connectivity index (χ3v) is 2.63. The van der Waals surface area contributed by atoms with Gasteiger partial charge in [-0.2, -0.15) is 15.5 Å². The van der Waals surface area contributed by atoms with Gasteiger partial charge in [0, 0.05) is 0 Å². The van der Waals surface area contributed by atoms with Gasteiger partial charge < -0.3 is 14.9 Å². The maximum absolute atomic E-state index is 9.35. The molecular weight excluding hydrogens is 256 g/mol. The van der Waals surface area contributed by atoms with E-state index < -0.39 is 0 Å². The summed E-state index contributed by atoms with van der Waals surface area (Å²) in [4.78, 5) is 3.99. The van der Waals surface area contributed by atoms with Crippen LogP contribution in [-0.4, -0.2) is 11.6 Å². The highest BCUT2D eigenvalue weighted by Gasteiger charge is 2.22. The molecule has 0 aliphatic carbocycles. The van der Waals surface area contributed by atoms with E-state index in [0.29, 0.717) is 17.9 Å². The van der Waals surface area contributed by atoms with E-state index in [1.54, 1.807) is 12.1 Å². The van der Waals surface area contributed by atoms with Crippen molar-refractivity contribution in [2.45, 2.75) is 13.3 Å². The van der Waals surface area contributed by atoms with E-state index >= 15 is 0 Å². The van der Waals surface area contributed by atoms with E-state index in [-0.39, 0.29) is 22.8 Å². The second-order valence-corrected chi connectivity index (χ2v) is 3.98. The zero-order valence-corrected chi connectivity index (χ0v) is 10.9. The van der Waals surface area contributed by atoms with Gasteiger partial charge in [-0.05, 0) is 18.6 Å². The number of nitrogen functional groups attached to an aromatic ring is 1. The van der Waals surface area contributed by atoms with Gasteiger partial charge in [-0.3, -0.25) is 0 Å². The monoisotopic (exact) mass is 268 g/mol. The second kappa shape index (κ2) is 5.77. The molecule has 0 aliphatic rings. The standard InChI is InChI=1S/C14H12N4O2/c1-2-5-20-14-10(8-16)12(11-4-3-6-19-11)9(7-15)13(17)18-14/h3-4,6H,2,5H2,1H3,(H2,17,18). The Labute approximate surface area is 116 Å². The molecule has 0 aromatic carbocycles. The van der Waals surface area contributed by atoms with Crippen LogP contribution < -0.4 is 10.5 Å². The third-order valence-electron chi connectivity index (χ3n) is 2.63. The Morgan fingerprint density at radius 3 is 2.65 bits per heavy atom. The molecule has 2 heterocycles. The fourth-order valence-corrected chi connectivity index (χ4v) is 1.77. The number of hydrogen-bond acceptors (Lipinski definition) is 6. The van der Waals surface area contributed by atoms with Crippen molar-refractivity contribution in [2.75, 3.05) is 12.3 Å². The molecule has 0 aliphatic heterocycles. The van der Waals surface area contributed by atoms with Gasteiger partial charge in [-0.25, -0.2) is 0 Å². The molecule has 0 radical (unpaired) electrons. The summed E-state index contributed by atoms with van der Waals surface area (Å²) in [7, 11) is 0. The number of hydrogen-bond donors (Lipinski definition) is 1. The van der Waals surface area contributed by atoms with E-state index in [4.69, 9.17) is 14.9 Å². The first-order valence-electron chi connectivity index (χ1n) is 6.03. The van der Waals surface area contributed by atoms with E-state index in [0.717, 1.165) is 6.42 Å². The molecule has 0 unspecified atom stereocenters. The quantitative estimate of drug-likeness (QED) is 0.912. The Kier molecular flexibility index (Phi) is 3.88. The van der Waals surface area contributed by atoms with Crippen LogP contribution in [0.1, 0.15) is 24.5 Å². The summed E-state index contributed by atoms with van der Waals surface area (Å²) in [6, 6.07) is 7.29. The molecular formula is C14H12N4O2. The molecule has 0 saturated heterocycles. The first-order chi connectivity index (χ1) is 9.72. The molecule has 2 aromatic rings. The van der Waals surface area contributed by atoms with Crippen molar-refractivity contribution in [3.05, 3.63) is 29.5 Å². The predicted octanol–water partition coefficient (Wildman–Crippen LogP) is 2.46. The number of aromatic nitrogens is 1. The van der Waals surface area contributed by atoms with Gasteiger partial charge in [0.05, 0.1) is 18.4 Å². The minimum Gasteiger partial charge on any atom is -0.477 e. The third kappa shape index (κ3) is 2.27. The molecule has 6 heteroatoms. The summed E-state index contributed by atoms with van der Waals surface area (Å²) in [5.74, 6) is 0.523. The normalized spacial score (nSPS) is 9.75. The predicted molar refractivity (Wildman–Crippen MR) is 71.6 cm³/mol. The minimum absolute atomic E-state index is 0.0176. The SMILES string of the molecule is CCCOc1nc(N)c(C#N)c(-c2ccco2)c1C#N. The van der Waals surface area contributed by atoms with Crippen LogP contribution in [0, 0.1) is 22.7 Å². The Hall–Kier alpha value is -2.99. The maximum Gasteiger partial charge on any atom is 0.234 e.